The molecule has 0 aliphatic carbocycles. The van der Waals surface area contributed by atoms with Gasteiger partial charge in [0.1, 0.15) is 0 Å². The van der Waals surface area contributed by atoms with Gasteiger partial charge < -0.3 is 15.3 Å². The molecule has 6 heteroatoms. The molecule has 0 aromatic heterocycles. The van der Waals surface area contributed by atoms with Gasteiger partial charge in [0.15, 0.2) is 0 Å². The molecular formula is C15H19ClN2O3. The van der Waals surface area contributed by atoms with Crippen LogP contribution < -0.4 is 5.32 Å². The average Bonchev–Trinajstić information content (AvgIpc) is 2.42. The van der Waals surface area contributed by atoms with Crippen molar-refractivity contribution in [3.8, 4) is 0 Å². The van der Waals surface area contributed by atoms with Crippen molar-refractivity contribution in [3.05, 3.63) is 28.8 Å². The van der Waals surface area contributed by atoms with Gasteiger partial charge in [0.2, 0.25) is 0 Å². The molecule has 0 radical (unpaired) electrons. The largest absolute Gasteiger partial charge is 0.481 e. The van der Waals surface area contributed by atoms with Crippen LogP contribution in [0.1, 0.15) is 18.9 Å². The van der Waals surface area contributed by atoms with Crippen LogP contribution in [-0.4, -0.2) is 35.1 Å². The van der Waals surface area contributed by atoms with Crippen LogP contribution in [0.15, 0.2) is 18.2 Å². The number of carboxylic acid groups (broad SMARTS) is 1. The summed E-state index contributed by atoms with van der Waals surface area (Å²) in [6, 6.07) is 5.02. The van der Waals surface area contributed by atoms with Crippen LogP contribution in [0, 0.1) is 18.8 Å². The molecule has 1 aliphatic heterocycles. The number of hydrogen-bond acceptors (Lipinski definition) is 2. The standard InChI is InChI=1S/C15H19ClN2O3/c1-9-5-11(14(19)20)8-18(7-9)15(21)17-12-4-3-10(2)13(16)6-12/h3-4,6,9,11H,5,7-8H2,1-2H3,(H,17,21)(H,19,20). The van der Waals surface area contributed by atoms with Crippen molar-refractivity contribution in [2.75, 3.05) is 18.4 Å². The summed E-state index contributed by atoms with van der Waals surface area (Å²) >= 11 is 6.03. The van der Waals surface area contributed by atoms with Crippen LogP contribution in [0.5, 0.6) is 0 Å². The van der Waals surface area contributed by atoms with E-state index in [1.165, 1.54) is 0 Å². The first-order valence-corrected chi connectivity index (χ1v) is 7.29. The SMILES string of the molecule is Cc1ccc(NC(=O)N2CC(C)CC(C(=O)O)C2)cc1Cl. The first-order chi connectivity index (χ1) is 9.86. The van der Waals surface area contributed by atoms with Gasteiger partial charge in [-0.2, -0.15) is 0 Å². The number of amides is 2. The van der Waals surface area contributed by atoms with Gasteiger partial charge in [-0.15, -0.1) is 0 Å². The molecule has 21 heavy (non-hydrogen) atoms. The zero-order valence-corrected chi connectivity index (χ0v) is 12.9. The molecule has 1 aromatic carbocycles. The van der Waals surface area contributed by atoms with Gasteiger partial charge in [-0.3, -0.25) is 4.79 Å². The number of aliphatic carboxylic acids is 1. The molecule has 1 saturated heterocycles. The van der Waals surface area contributed by atoms with Crippen molar-refractivity contribution in [3.63, 3.8) is 0 Å². The number of carbonyl (C=O) groups excluding carboxylic acids is 1. The number of carbonyl (C=O) groups is 2. The van der Waals surface area contributed by atoms with Crippen molar-refractivity contribution in [1.82, 2.24) is 4.90 Å². The third-order valence-electron chi connectivity index (χ3n) is 3.72. The first kappa shape index (κ1) is 15.6. The minimum absolute atomic E-state index is 0.173. The van der Waals surface area contributed by atoms with E-state index in [-0.39, 0.29) is 18.5 Å². The molecule has 0 bridgehead atoms. The Morgan fingerprint density at radius 3 is 2.71 bits per heavy atom. The fourth-order valence-corrected chi connectivity index (χ4v) is 2.75. The highest BCUT2D eigenvalue weighted by Crippen LogP contribution is 2.24. The van der Waals surface area contributed by atoms with Gasteiger partial charge in [0.05, 0.1) is 5.92 Å². The first-order valence-electron chi connectivity index (χ1n) is 6.91. The number of urea groups is 1. The molecule has 2 rings (SSSR count). The number of piperidine rings is 1. The van der Waals surface area contributed by atoms with Crippen LogP contribution in [0.3, 0.4) is 0 Å². The van der Waals surface area contributed by atoms with E-state index in [9.17, 15) is 9.59 Å². The summed E-state index contributed by atoms with van der Waals surface area (Å²) in [6.45, 7) is 4.65. The Bertz CT molecular complexity index is 562. The molecule has 2 atom stereocenters. The maximum absolute atomic E-state index is 12.3. The maximum atomic E-state index is 12.3. The van der Waals surface area contributed by atoms with E-state index in [0.717, 1.165) is 5.56 Å². The lowest BCUT2D eigenvalue weighted by Crippen LogP contribution is -2.47. The van der Waals surface area contributed by atoms with E-state index in [0.29, 0.717) is 23.7 Å². The number of anilines is 1. The highest BCUT2D eigenvalue weighted by Gasteiger charge is 2.31. The fourth-order valence-electron chi connectivity index (χ4n) is 2.57. The van der Waals surface area contributed by atoms with Crippen molar-refractivity contribution in [2.24, 2.45) is 11.8 Å². The molecule has 1 aliphatic rings. The van der Waals surface area contributed by atoms with Gasteiger partial charge in [-0.1, -0.05) is 24.6 Å². The number of likely N-dealkylation sites (tertiary alicyclic amines) is 1. The molecule has 1 fully saturated rings. The minimum Gasteiger partial charge on any atom is -0.481 e. The van der Waals surface area contributed by atoms with Crippen molar-refractivity contribution in [2.45, 2.75) is 20.3 Å². The summed E-state index contributed by atoms with van der Waals surface area (Å²) in [5.74, 6) is -1.17. The number of carboxylic acids is 1. The van der Waals surface area contributed by atoms with E-state index >= 15 is 0 Å². The van der Waals surface area contributed by atoms with E-state index < -0.39 is 11.9 Å². The van der Waals surface area contributed by atoms with Gasteiger partial charge in [0, 0.05) is 23.8 Å². The minimum atomic E-state index is -0.849. The Labute approximate surface area is 128 Å². The predicted octanol–water partition coefficient (Wildman–Crippen LogP) is 3.22. The fraction of sp³-hybridized carbons (Fsp3) is 0.467. The number of benzene rings is 1. The van der Waals surface area contributed by atoms with Crippen LogP contribution >= 0.6 is 11.6 Å². The summed E-state index contributed by atoms with van der Waals surface area (Å²) in [7, 11) is 0. The smallest absolute Gasteiger partial charge is 0.321 e. The lowest BCUT2D eigenvalue weighted by Gasteiger charge is -2.34. The van der Waals surface area contributed by atoms with Gasteiger partial charge in [0.25, 0.3) is 0 Å². The zero-order chi connectivity index (χ0) is 15.6. The van der Waals surface area contributed by atoms with Crippen molar-refractivity contribution in [1.29, 1.82) is 0 Å². The second-order valence-corrected chi connectivity index (χ2v) is 6.08. The van der Waals surface area contributed by atoms with E-state index in [2.05, 4.69) is 5.32 Å². The van der Waals surface area contributed by atoms with Crippen molar-refractivity contribution >= 4 is 29.3 Å². The Kier molecular flexibility index (Phi) is 4.73. The highest BCUT2D eigenvalue weighted by molar-refractivity contribution is 6.31. The molecule has 5 nitrogen and oxygen atoms in total. The Morgan fingerprint density at radius 2 is 2.10 bits per heavy atom. The second kappa shape index (κ2) is 6.35. The van der Waals surface area contributed by atoms with E-state index in [4.69, 9.17) is 16.7 Å². The molecule has 0 saturated carbocycles. The number of hydrogen-bond donors (Lipinski definition) is 2. The lowest BCUT2D eigenvalue weighted by atomic mass is 9.91. The zero-order valence-electron chi connectivity index (χ0n) is 12.1. The van der Waals surface area contributed by atoms with Crippen LogP contribution in [0.4, 0.5) is 10.5 Å². The van der Waals surface area contributed by atoms with Crippen LogP contribution in [0.2, 0.25) is 5.02 Å². The normalized spacial score (nSPS) is 22.0. The van der Waals surface area contributed by atoms with E-state index in [1.807, 2.05) is 19.9 Å². The monoisotopic (exact) mass is 310 g/mol. The van der Waals surface area contributed by atoms with Crippen molar-refractivity contribution < 1.29 is 14.7 Å². The molecule has 2 unspecified atom stereocenters. The number of nitrogens with zero attached hydrogens (tertiary/aromatic N) is 1. The second-order valence-electron chi connectivity index (χ2n) is 5.68. The number of rotatable bonds is 2. The molecule has 2 N–H and O–H groups in total. The lowest BCUT2D eigenvalue weighted by molar-refractivity contribution is -0.143. The van der Waals surface area contributed by atoms with Gasteiger partial charge in [-0.05, 0) is 37.0 Å². The Balaban J connectivity index is 2.05. The van der Waals surface area contributed by atoms with Gasteiger partial charge >= 0.3 is 12.0 Å². The third kappa shape index (κ3) is 3.88. The number of nitrogens with one attached hydrogen (secondary N) is 1. The molecule has 0 spiro atoms. The average molecular weight is 311 g/mol. The summed E-state index contributed by atoms with van der Waals surface area (Å²) in [6.07, 6.45) is 0.607. The molecule has 1 heterocycles. The molecule has 114 valence electrons. The highest BCUT2D eigenvalue weighted by atomic mass is 35.5. The van der Waals surface area contributed by atoms with Crippen LogP contribution in [-0.2, 0) is 4.79 Å². The summed E-state index contributed by atoms with van der Waals surface area (Å²) in [4.78, 5) is 24.9. The summed E-state index contributed by atoms with van der Waals surface area (Å²) < 4.78 is 0. The topological polar surface area (TPSA) is 69.6 Å². The quantitative estimate of drug-likeness (QED) is 0.881. The third-order valence-corrected chi connectivity index (χ3v) is 4.13. The number of aryl methyl sites for hydroxylation is 1. The Morgan fingerprint density at radius 1 is 1.38 bits per heavy atom. The maximum Gasteiger partial charge on any atom is 0.321 e. The van der Waals surface area contributed by atoms with Crippen LogP contribution in [0.25, 0.3) is 0 Å². The molecular weight excluding hydrogens is 292 g/mol. The summed E-state index contributed by atoms with van der Waals surface area (Å²) in [5, 5.41) is 12.5. The Hall–Kier alpha value is -1.75. The van der Waals surface area contributed by atoms with Gasteiger partial charge in [-0.25, -0.2) is 4.79 Å². The predicted molar refractivity (Wildman–Crippen MR) is 81.7 cm³/mol. The number of halogens is 1. The summed E-state index contributed by atoms with van der Waals surface area (Å²) in [5.41, 5.74) is 1.55. The molecule has 1 aromatic rings. The molecule has 2 amide bonds. The van der Waals surface area contributed by atoms with E-state index in [1.54, 1.807) is 17.0 Å².